The van der Waals surface area contributed by atoms with Crippen LogP contribution in [0.5, 0.6) is 0 Å². The lowest BCUT2D eigenvalue weighted by atomic mass is 9.96. The van der Waals surface area contributed by atoms with E-state index < -0.39 is 0 Å². The lowest BCUT2D eigenvalue weighted by Crippen LogP contribution is -2.46. The van der Waals surface area contributed by atoms with Crippen molar-refractivity contribution in [3.05, 3.63) is 35.9 Å². The van der Waals surface area contributed by atoms with Gasteiger partial charge in [0.25, 0.3) is 0 Å². The molecule has 1 aliphatic rings. The third-order valence-electron chi connectivity index (χ3n) is 4.69. The van der Waals surface area contributed by atoms with Gasteiger partial charge in [0, 0.05) is 6.04 Å². The van der Waals surface area contributed by atoms with E-state index in [4.69, 9.17) is 5.73 Å². The molecule has 1 unspecified atom stereocenters. The van der Waals surface area contributed by atoms with Crippen LogP contribution >= 0.6 is 0 Å². The second-order valence-corrected chi connectivity index (χ2v) is 7.01. The third-order valence-corrected chi connectivity index (χ3v) is 4.69. The summed E-state index contributed by atoms with van der Waals surface area (Å²) >= 11 is 0. The monoisotopic (exact) mass is 331 g/mol. The normalized spacial score (nSPS) is 16.5. The predicted molar refractivity (Wildman–Crippen MR) is 95.2 cm³/mol. The fourth-order valence-electron chi connectivity index (χ4n) is 3.48. The second-order valence-electron chi connectivity index (χ2n) is 7.01. The fraction of sp³-hybridized carbons (Fsp3) is 0.579. The van der Waals surface area contributed by atoms with Crippen molar-refractivity contribution in [2.75, 3.05) is 13.1 Å². The zero-order valence-electron chi connectivity index (χ0n) is 14.7. The molecule has 0 aliphatic heterocycles. The van der Waals surface area contributed by atoms with Gasteiger partial charge < -0.3 is 11.1 Å². The van der Waals surface area contributed by atoms with Gasteiger partial charge in [0.05, 0.1) is 19.1 Å². The Kier molecular flexibility index (Phi) is 6.79. The quantitative estimate of drug-likeness (QED) is 0.767. The van der Waals surface area contributed by atoms with Crippen LogP contribution in [0.4, 0.5) is 0 Å². The van der Waals surface area contributed by atoms with Crippen LogP contribution in [0.25, 0.3) is 0 Å². The van der Waals surface area contributed by atoms with E-state index in [1.54, 1.807) is 0 Å². The van der Waals surface area contributed by atoms with E-state index in [1.165, 1.54) is 0 Å². The summed E-state index contributed by atoms with van der Waals surface area (Å²) in [6, 6.07) is 10.3. The lowest BCUT2D eigenvalue weighted by molar-refractivity contribution is -0.125. The molecule has 132 valence electrons. The van der Waals surface area contributed by atoms with E-state index in [0.717, 1.165) is 31.2 Å². The van der Waals surface area contributed by atoms with Crippen molar-refractivity contribution in [1.82, 2.24) is 10.2 Å². The van der Waals surface area contributed by atoms with Gasteiger partial charge in [-0.2, -0.15) is 0 Å². The molecule has 0 saturated heterocycles. The molecule has 3 N–H and O–H groups in total. The number of rotatable bonds is 8. The Morgan fingerprint density at radius 3 is 2.33 bits per heavy atom. The lowest BCUT2D eigenvalue weighted by Gasteiger charge is -2.29. The standard InChI is InChI=1S/C19H29N3O2/c1-14(2)19(15-8-4-3-5-9-15)21-18(24)13-22(12-17(20)23)16-10-6-7-11-16/h3-5,8-9,14,16,19H,6-7,10-13H2,1-2H3,(H2,20,23)(H,21,24). The maximum Gasteiger partial charge on any atom is 0.234 e. The molecule has 0 radical (unpaired) electrons. The van der Waals surface area contributed by atoms with Crippen molar-refractivity contribution in [2.24, 2.45) is 11.7 Å². The number of carbonyl (C=O) groups is 2. The van der Waals surface area contributed by atoms with Crippen LogP contribution in [-0.2, 0) is 9.59 Å². The van der Waals surface area contributed by atoms with Gasteiger partial charge in [-0.3, -0.25) is 14.5 Å². The molecule has 1 aliphatic carbocycles. The Morgan fingerprint density at radius 2 is 1.79 bits per heavy atom. The average molecular weight is 331 g/mol. The van der Waals surface area contributed by atoms with Crippen LogP contribution in [0.2, 0.25) is 0 Å². The first-order valence-corrected chi connectivity index (χ1v) is 8.84. The number of primary amides is 1. The van der Waals surface area contributed by atoms with E-state index in [2.05, 4.69) is 19.2 Å². The first-order chi connectivity index (χ1) is 11.5. The molecule has 24 heavy (non-hydrogen) atoms. The summed E-state index contributed by atoms with van der Waals surface area (Å²) in [5.74, 6) is -0.142. The minimum absolute atomic E-state index is 0.0299. The summed E-state index contributed by atoms with van der Waals surface area (Å²) < 4.78 is 0. The number of carbonyl (C=O) groups excluding carboxylic acids is 2. The molecule has 1 aromatic carbocycles. The molecule has 2 amide bonds. The summed E-state index contributed by atoms with van der Waals surface area (Å²) in [5.41, 5.74) is 6.47. The number of amides is 2. The number of nitrogens with one attached hydrogen (secondary N) is 1. The predicted octanol–water partition coefficient (Wildman–Crippen LogP) is 2.23. The highest BCUT2D eigenvalue weighted by Gasteiger charge is 2.27. The zero-order chi connectivity index (χ0) is 17.5. The van der Waals surface area contributed by atoms with Crippen molar-refractivity contribution in [3.63, 3.8) is 0 Å². The van der Waals surface area contributed by atoms with Crippen LogP contribution < -0.4 is 11.1 Å². The van der Waals surface area contributed by atoms with Gasteiger partial charge in [0.1, 0.15) is 0 Å². The number of benzene rings is 1. The molecular weight excluding hydrogens is 302 g/mol. The maximum absolute atomic E-state index is 12.6. The fourth-order valence-corrected chi connectivity index (χ4v) is 3.48. The molecule has 1 fully saturated rings. The van der Waals surface area contributed by atoms with E-state index in [-0.39, 0.29) is 42.9 Å². The van der Waals surface area contributed by atoms with Crippen LogP contribution in [0.15, 0.2) is 30.3 Å². The minimum Gasteiger partial charge on any atom is -0.369 e. The number of nitrogens with two attached hydrogens (primary N) is 1. The highest BCUT2D eigenvalue weighted by Crippen LogP contribution is 2.24. The first kappa shape index (κ1) is 18.5. The zero-order valence-corrected chi connectivity index (χ0v) is 14.7. The molecule has 5 nitrogen and oxygen atoms in total. The molecule has 1 aromatic rings. The van der Waals surface area contributed by atoms with Crippen LogP contribution in [-0.4, -0.2) is 35.8 Å². The summed E-state index contributed by atoms with van der Waals surface area (Å²) in [6.45, 7) is 4.56. The Hall–Kier alpha value is -1.88. The second kappa shape index (κ2) is 8.83. The van der Waals surface area contributed by atoms with Crippen molar-refractivity contribution in [3.8, 4) is 0 Å². The molecule has 0 aromatic heterocycles. The molecule has 5 heteroatoms. The topological polar surface area (TPSA) is 75.4 Å². The van der Waals surface area contributed by atoms with Gasteiger partial charge in [-0.1, -0.05) is 57.0 Å². The molecule has 0 spiro atoms. The summed E-state index contributed by atoms with van der Waals surface area (Å²) in [6.07, 6.45) is 4.38. The molecule has 1 atom stereocenters. The molecule has 1 saturated carbocycles. The minimum atomic E-state index is -0.377. The van der Waals surface area contributed by atoms with E-state index in [1.807, 2.05) is 35.2 Å². The largest absolute Gasteiger partial charge is 0.369 e. The van der Waals surface area contributed by atoms with E-state index >= 15 is 0 Å². The van der Waals surface area contributed by atoms with E-state index in [0.29, 0.717) is 0 Å². The highest BCUT2D eigenvalue weighted by atomic mass is 16.2. The van der Waals surface area contributed by atoms with Gasteiger partial charge in [0.15, 0.2) is 0 Å². The highest BCUT2D eigenvalue weighted by molar-refractivity contribution is 5.80. The molecule has 2 rings (SSSR count). The van der Waals surface area contributed by atoms with Crippen molar-refractivity contribution < 1.29 is 9.59 Å². The van der Waals surface area contributed by atoms with Crippen LogP contribution in [0.1, 0.15) is 51.1 Å². The summed E-state index contributed by atoms with van der Waals surface area (Å²) in [7, 11) is 0. The van der Waals surface area contributed by atoms with Crippen LogP contribution in [0, 0.1) is 5.92 Å². The number of hydrogen-bond acceptors (Lipinski definition) is 3. The summed E-state index contributed by atoms with van der Waals surface area (Å²) in [5, 5.41) is 3.13. The maximum atomic E-state index is 12.6. The Labute approximate surface area is 144 Å². The van der Waals surface area contributed by atoms with Gasteiger partial charge >= 0.3 is 0 Å². The molecule has 0 bridgehead atoms. The average Bonchev–Trinajstić information content (AvgIpc) is 3.06. The summed E-state index contributed by atoms with van der Waals surface area (Å²) in [4.78, 5) is 25.9. The molecular formula is C19H29N3O2. The van der Waals surface area contributed by atoms with Gasteiger partial charge in [-0.25, -0.2) is 0 Å². The van der Waals surface area contributed by atoms with Gasteiger partial charge in [0.2, 0.25) is 11.8 Å². The van der Waals surface area contributed by atoms with Gasteiger partial charge in [-0.15, -0.1) is 0 Å². The van der Waals surface area contributed by atoms with Crippen molar-refractivity contribution in [2.45, 2.75) is 51.6 Å². The Morgan fingerprint density at radius 1 is 1.17 bits per heavy atom. The van der Waals surface area contributed by atoms with Crippen LogP contribution in [0.3, 0.4) is 0 Å². The first-order valence-electron chi connectivity index (χ1n) is 8.84. The Balaban J connectivity index is 2.01. The smallest absolute Gasteiger partial charge is 0.234 e. The molecule has 0 heterocycles. The van der Waals surface area contributed by atoms with Gasteiger partial charge in [-0.05, 0) is 24.3 Å². The third kappa shape index (κ3) is 5.34. The Bertz CT molecular complexity index is 539. The van der Waals surface area contributed by atoms with Crippen molar-refractivity contribution >= 4 is 11.8 Å². The number of nitrogens with zero attached hydrogens (tertiary/aromatic N) is 1. The SMILES string of the molecule is CC(C)C(NC(=O)CN(CC(N)=O)C1CCCC1)c1ccccc1. The van der Waals surface area contributed by atoms with Crippen molar-refractivity contribution in [1.29, 1.82) is 0 Å². The van der Waals surface area contributed by atoms with E-state index in [9.17, 15) is 9.59 Å². The number of hydrogen-bond donors (Lipinski definition) is 2.